The molecule has 0 atom stereocenters. The van der Waals surface area contributed by atoms with Gasteiger partial charge in [-0.3, -0.25) is 19.8 Å². The SMILES string of the molecule is Cc1ccc(-c2nn(CN3CCN(c4ccc([N+](=O)[O-])cc4)CC3)c(=O)c3ccccc23)cc1. The standard InChI is InChI=1S/C26H25N5O3/c1-19-6-8-20(9-7-19)25-23-4-2-3-5-24(23)26(32)30(27-25)18-28-14-16-29(17-15-28)21-10-12-22(13-11-21)31(33)34/h2-13H,14-18H2,1H3. The Bertz CT molecular complexity index is 1390. The van der Waals surface area contributed by atoms with Crippen LogP contribution in [0.3, 0.4) is 0 Å². The van der Waals surface area contributed by atoms with E-state index in [1.165, 1.54) is 17.7 Å². The lowest BCUT2D eigenvalue weighted by Crippen LogP contribution is -2.48. The summed E-state index contributed by atoms with van der Waals surface area (Å²) in [5.41, 5.74) is 3.93. The Labute approximate surface area is 196 Å². The number of anilines is 1. The summed E-state index contributed by atoms with van der Waals surface area (Å²) in [5.74, 6) is 0. The summed E-state index contributed by atoms with van der Waals surface area (Å²) < 4.78 is 1.57. The van der Waals surface area contributed by atoms with Crippen molar-refractivity contribution in [2.24, 2.45) is 0 Å². The van der Waals surface area contributed by atoms with E-state index < -0.39 is 0 Å². The van der Waals surface area contributed by atoms with E-state index in [2.05, 4.69) is 21.9 Å². The van der Waals surface area contributed by atoms with E-state index >= 15 is 0 Å². The number of hydrogen-bond acceptors (Lipinski definition) is 6. The lowest BCUT2D eigenvalue weighted by Gasteiger charge is -2.36. The van der Waals surface area contributed by atoms with Crippen LogP contribution < -0.4 is 10.5 Å². The van der Waals surface area contributed by atoms with E-state index in [9.17, 15) is 14.9 Å². The molecule has 0 unspecified atom stereocenters. The molecule has 1 saturated heterocycles. The van der Waals surface area contributed by atoms with Crippen molar-refractivity contribution in [1.82, 2.24) is 14.7 Å². The molecule has 8 nitrogen and oxygen atoms in total. The number of non-ortho nitro benzene ring substituents is 1. The fourth-order valence-corrected chi connectivity index (χ4v) is 4.38. The third-order valence-corrected chi connectivity index (χ3v) is 6.32. The molecule has 0 amide bonds. The summed E-state index contributed by atoms with van der Waals surface area (Å²) in [6, 6.07) is 22.5. The van der Waals surface area contributed by atoms with E-state index in [4.69, 9.17) is 5.10 Å². The molecule has 0 bridgehead atoms. The highest BCUT2D eigenvalue weighted by Crippen LogP contribution is 2.25. The van der Waals surface area contributed by atoms with Gasteiger partial charge in [-0.25, -0.2) is 4.68 Å². The van der Waals surface area contributed by atoms with Crippen LogP contribution in [-0.4, -0.2) is 45.8 Å². The second-order valence-corrected chi connectivity index (χ2v) is 8.58. The van der Waals surface area contributed by atoms with Gasteiger partial charge in [0.05, 0.1) is 22.7 Å². The predicted octanol–water partition coefficient (Wildman–Crippen LogP) is 4.06. The van der Waals surface area contributed by atoms with Crippen molar-refractivity contribution < 1.29 is 4.92 Å². The minimum atomic E-state index is -0.388. The molecule has 1 fully saturated rings. The number of aromatic nitrogens is 2. The van der Waals surface area contributed by atoms with Gasteiger partial charge in [0.15, 0.2) is 0 Å². The zero-order valence-electron chi connectivity index (χ0n) is 18.9. The molecule has 1 aliphatic heterocycles. The molecule has 0 radical (unpaired) electrons. The first-order valence-corrected chi connectivity index (χ1v) is 11.3. The van der Waals surface area contributed by atoms with Crippen molar-refractivity contribution in [3.05, 3.63) is 98.8 Å². The number of aryl methyl sites for hydroxylation is 1. The molecule has 34 heavy (non-hydrogen) atoms. The molecule has 0 aliphatic carbocycles. The van der Waals surface area contributed by atoms with Crippen LogP contribution in [0.5, 0.6) is 0 Å². The quantitative estimate of drug-likeness (QED) is 0.333. The fourth-order valence-electron chi connectivity index (χ4n) is 4.38. The Morgan fingerprint density at radius 1 is 0.882 bits per heavy atom. The van der Waals surface area contributed by atoms with Gasteiger partial charge in [0.25, 0.3) is 11.2 Å². The zero-order chi connectivity index (χ0) is 23.7. The Balaban J connectivity index is 1.37. The van der Waals surface area contributed by atoms with Crippen LogP contribution >= 0.6 is 0 Å². The van der Waals surface area contributed by atoms with Gasteiger partial charge in [-0.1, -0.05) is 48.0 Å². The topological polar surface area (TPSA) is 84.5 Å². The summed E-state index contributed by atoms with van der Waals surface area (Å²) in [6.45, 7) is 5.52. The van der Waals surface area contributed by atoms with E-state index in [1.807, 2.05) is 43.3 Å². The molecule has 8 heteroatoms. The van der Waals surface area contributed by atoms with Crippen molar-refractivity contribution in [2.45, 2.75) is 13.6 Å². The number of hydrogen-bond donors (Lipinski definition) is 0. The molecule has 1 aliphatic rings. The maximum atomic E-state index is 13.2. The largest absolute Gasteiger partial charge is 0.369 e. The molecule has 4 aromatic rings. The number of nitro benzene ring substituents is 1. The summed E-state index contributed by atoms with van der Waals surface area (Å²) in [5, 5.41) is 17.2. The summed E-state index contributed by atoms with van der Waals surface area (Å²) in [4.78, 5) is 28.1. The van der Waals surface area contributed by atoms with Crippen LogP contribution in [0.1, 0.15) is 5.56 Å². The third-order valence-electron chi connectivity index (χ3n) is 6.32. The number of fused-ring (bicyclic) bond motifs is 1. The number of nitro groups is 1. The Morgan fingerprint density at radius 2 is 1.53 bits per heavy atom. The van der Waals surface area contributed by atoms with Gasteiger partial charge in [-0.15, -0.1) is 0 Å². The second kappa shape index (κ2) is 9.07. The lowest BCUT2D eigenvalue weighted by atomic mass is 10.0. The normalized spacial score (nSPS) is 14.4. The average Bonchev–Trinajstić information content (AvgIpc) is 2.87. The lowest BCUT2D eigenvalue weighted by molar-refractivity contribution is -0.384. The average molecular weight is 456 g/mol. The minimum absolute atomic E-state index is 0.0912. The van der Waals surface area contributed by atoms with Crippen LogP contribution in [-0.2, 0) is 6.67 Å². The maximum Gasteiger partial charge on any atom is 0.275 e. The third kappa shape index (κ3) is 4.27. The molecule has 172 valence electrons. The van der Waals surface area contributed by atoms with Gasteiger partial charge in [0.1, 0.15) is 0 Å². The number of rotatable bonds is 5. The summed E-state index contributed by atoms with van der Waals surface area (Å²) in [6.07, 6.45) is 0. The van der Waals surface area contributed by atoms with Crippen molar-refractivity contribution in [3.63, 3.8) is 0 Å². The van der Waals surface area contributed by atoms with Gasteiger partial charge in [0, 0.05) is 54.9 Å². The van der Waals surface area contributed by atoms with Gasteiger partial charge in [-0.05, 0) is 25.1 Å². The molecule has 0 saturated carbocycles. The second-order valence-electron chi connectivity index (χ2n) is 8.58. The van der Waals surface area contributed by atoms with E-state index in [0.717, 1.165) is 48.5 Å². The first-order valence-electron chi connectivity index (χ1n) is 11.3. The zero-order valence-corrected chi connectivity index (χ0v) is 18.9. The van der Waals surface area contributed by atoms with Gasteiger partial charge >= 0.3 is 0 Å². The molecule has 1 aromatic heterocycles. The van der Waals surface area contributed by atoms with Crippen molar-refractivity contribution in [2.75, 3.05) is 31.1 Å². The fraction of sp³-hybridized carbons (Fsp3) is 0.231. The molecule has 0 N–H and O–H groups in total. The van der Waals surface area contributed by atoms with Crippen molar-refractivity contribution in [1.29, 1.82) is 0 Å². The molecule has 5 rings (SSSR count). The highest BCUT2D eigenvalue weighted by atomic mass is 16.6. The Morgan fingerprint density at radius 3 is 2.18 bits per heavy atom. The van der Waals surface area contributed by atoms with Crippen LogP contribution in [0, 0.1) is 17.0 Å². The van der Waals surface area contributed by atoms with Crippen molar-refractivity contribution >= 4 is 22.1 Å². The van der Waals surface area contributed by atoms with Gasteiger partial charge in [0.2, 0.25) is 0 Å². The first kappa shape index (κ1) is 21.8. The van der Waals surface area contributed by atoms with E-state index in [-0.39, 0.29) is 16.2 Å². The molecular formula is C26H25N5O3. The summed E-state index contributed by atoms with van der Waals surface area (Å²) >= 11 is 0. The van der Waals surface area contributed by atoms with Crippen molar-refractivity contribution in [3.8, 4) is 11.3 Å². The molecule has 3 aromatic carbocycles. The molecular weight excluding hydrogens is 430 g/mol. The van der Waals surface area contributed by atoms with Crippen LogP contribution in [0.4, 0.5) is 11.4 Å². The van der Waals surface area contributed by atoms with Gasteiger partial charge in [-0.2, -0.15) is 5.10 Å². The summed E-state index contributed by atoms with van der Waals surface area (Å²) in [7, 11) is 0. The molecule has 0 spiro atoms. The predicted molar refractivity (Wildman–Crippen MR) is 133 cm³/mol. The Hall–Kier alpha value is -4.04. The minimum Gasteiger partial charge on any atom is -0.369 e. The maximum absolute atomic E-state index is 13.2. The Kier molecular flexibility index (Phi) is 5.81. The smallest absolute Gasteiger partial charge is 0.275 e. The van der Waals surface area contributed by atoms with Crippen LogP contribution in [0.15, 0.2) is 77.6 Å². The van der Waals surface area contributed by atoms with Crippen LogP contribution in [0.25, 0.3) is 22.0 Å². The van der Waals surface area contributed by atoms with Gasteiger partial charge < -0.3 is 4.90 Å². The van der Waals surface area contributed by atoms with Crippen LogP contribution in [0.2, 0.25) is 0 Å². The first-order chi connectivity index (χ1) is 16.5. The highest BCUT2D eigenvalue weighted by Gasteiger charge is 2.20. The number of nitrogens with zero attached hydrogens (tertiary/aromatic N) is 5. The van der Waals surface area contributed by atoms with E-state index in [1.54, 1.807) is 16.8 Å². The van der Waals surface area contributed by atoms with E-state index in [0.29, 0.717) is 12.1 Å². The number of benzene rings is 3. The number of piperazine rings is 1. The monoisotopic (exact) mass is 455 g/mol. The molecule has 2 heterocycles. The highest BCUT2D eigenvalue weighted by molar-refractivity contribution is 5.93.